The molecule has 3 N–H and O–H groups in total. The van der Waals surface area contributed by atoms with Gasteiger partial charge in [0.1, 0.15) is 11.6 Å². The van der Waals surface area contributed by atoms with Crippen molar-refractivity contribution in [2.24, 2.45) is 0 Å². The molecule has 3 amide bonds. The topological polar surface area (TPSA) is 105 Å². The summed E-state index contributed by atoms with van der Waals surface area (Å²) in [6.07, 6.45) is -0.517. The lowest BCUT2D eigenvalue weighted by Crippen LogP contribution is -2.34. The average molecular weight is 509 g/mol. The predicted molar refractivity (Wildman–Crippen MR) is 129 cm³/mol. The quantitative estimate of drug-likeness (QED) is 0.461. The van der Waals surface area contributed by atoms with Gasteiger partial charge in [0.25, 0.3) is 5.91 Å². The number of β-amino-alcohol motifs (C(OH)–C–C–N with tert-alkyl or cyclic N) is 1. The minimum absolute atomic E-state index is 0.0860. The molecule has 3 aromatic rings. The van der Waals surface area contributed by atoms with Gasteiger partial charge in [-0.1, -0.05) is 11.6 Å². The summed E-state index contributed by atoms with van der Waals surface area (Å²) < 4.78 is 27.7. The second kappa shape index (κ2) is 9.22. The summed E-state index contributed by atoms with van der Waals surface area (Å²) >= 11 is 6.33. The van der Waals surface area contributed by atoms with Gasteiger partial charge in [0.05, 0.1) is 30.4 Å². The Bertz CT molecular complexity index is 1460. The number of nitrogens with one attached hydrogen (secondary N) is 2. The minimum Gasteiger partial charge on any atom is -0.386 e. The molecule has 0 bridgehead atoms. The number of carbonyl (C=O) groups excluding carboxylic acids is 2. The predicted octanol–water partition coefficient (Wildman–Crippen LogP) is 4.99. The molecule has 0 unspecified atom stereocenters. The van der Waals surface area contributed by atoms with E-state index in [0.29, 0.717) is 34.4 Å². The monoisotopic (exact) mass is 508 g/mol. The number of rotatable bonds is 4. The van der Waals surface area contributed by atoms with Crippen LogP contribution in [0.2, 0.25) is 5.02 Å². The van der Waals surface area contributed by atoms with Crippen LogP contribution in [0.1, 0.15) is 51.2 Å². The average Bonchev–Trinajstić information content (AvgIpc) is 3.36. The van der Waals surface area contributed by atoms with E-state index in [9.17, 15) is 23.5 Å². The number of aryl methyl sites for hydroxylation is 1. The Hall–Kier alpha value is -4.00. The number of halogens is 3. The number of anilines is 2. The second-order valence-corrected chi connectivity index (χ2v) is 9.00. The molecule has 2 heterocycles. The van der Waals surface area contributed by atoms with Crippen molar-refractivity contribution in [1.29, 1.82) is 5.26 Å². The summed E-state index contributed by atoms with van der Waals surface area (Å²) in [5, 5.41) is 25.2. The van der Waals surface area contributed by atoms with Gasteiger partial charge in [-0.05, 0) is 60.5 Å². The third kappa shape index (κ3) is 4.15. The molecule has 0 saturated heterocycles. The number of aliphatic hydroxyl groups excluding tert-OH is 1. The van der Waals surface area contributed by atoms with Crippen LogP contribution in [-0.4, -0.2) is 23.6 Å². The van der Waals surface area contributed by atoms with Crippen LogP contribution in [0.3, 0.4) is 0 Å². The first-order valence-electron chi connectivity index (χ1n) is 11.1. The molecular formula is C26H19ClF2N4O3. The fourth-order valence-corrected chi connectivity index (χ4v) is 4.92. The third-order valence-electron chi connectivity index (χ3n) is 6.32. The number of nitriles is 1. The van der Waals surface area contributed by atoms with E-state index < -0.39 is 35.7 Å². The van der Waals surface area contributed by atoms with Crippen molar-refractivity contribution in [2.45, 2.75) is 25.0 Å². The molecule has 10 heteroatoms. The number of urea groups is 1. The molecule has 0 spiro atoms. The van der Waals surface area contributed by atoms with Crippen LogP contribution in [0, 0.1) is 23.0 Å². The SMILES string of the molecule is N#CCCc1cc(NC(=O)N2C[C@H](O)c3cc(F)ccc32)c2c(c1)C(=O)N[C@H]2c1cc(F)ccc1Cl. The van der Waals surface area contributed by atoms with Crippen molar-refractivity contribution >= 4 is 34.9 Å². The zero-order chi connectivity index (χ0) is 25.6. The van der Waals surface area contributed by atoms with E-state index in [-0.39, 0.29) is 29.2 Å². The molecule has 5 rings (SSSR count). The van der Waals surface area contributed by atoms with Crippen LogP contribution in [0.15, 0.2) is 48.5 Å². The Kier molecular flexibility index (Phi) is 6.08. The molecule has 36 heavy (non-hydrogen) atoms. The van der Waals surface area contributed by atoms with Crippen LogP contribution in [0.4, 0.5) is 25.0 Å². The summed E-state index contributed by atoms with van der Waals surface area (Å²) in [6, 6.07) is 11.5. The number of carbonyl (C=O) groups is 2. The zero-order valence-corrected chi connectivity index (χ0v) is 19.4. The summed E-state index contributed by atoms with van der Waals surface area (Å²) in [4.78, 5) is 27.5. The lowest BCUT2D eigenvalue weighted by molar-refractivity contribution is 0.0960. The molecular weight excluding hydrogens is 490 g/mol. The molecule has 0 aliphatic carbocycles. The van der Waals surface area contributed by atoms with Gasteiger partial charge in [-0.3, -0.25) is 9.69 Å². The molecule has 2 atom stereocenters. The number of nitrogens with zero attached hydrogens (tertiary/aromatic N) is 2. The molecule has 0 fully saturated rings. The highest BCUT2D eigenvalue weighted by Gasteiger charge is 2.36. The zero-order valence-electron chi connectivity index (χ0n) is 18.7. The molecule has 0 radical (unpaired) electrons. The van der Waals surface area contributed by atoms with Crippen molar-refractivity contribution < 1.29 is 23.5 Å². The maximum Gasteiger partial charge on any atom is 0.326 e. The largest absolute Gasteiger partial charge is 0.386 e. The molecule has 0 saturated carbocycles. The molecule has 2 aliphatic heterocycles. The maximum absolute atomic E-state index is 14.1. The summed E-state index contributed by atoms with van der Waals surface area (Å²) in [5.74, 6) is -1.50. The van der Waals surface area contributed by atoms with Crippen LogP contribution < -0.4 is 15.5 Å². The number of hydrogen-bond donors (Lipinski definition) is 3. The fourth-order valence-electron chi connectivity index (χ4n) is 4.69. The highest BCUT2D eigenvalue weighted by atomic mass is 35.5. The summed E-state index contributed by atoms with van der Waals surface area (Å²) in [5.41, 5.74) is 2.57. The Labute approximate surface area is 209 Å². The summed E-state index contributed by atoms with van der Waals surface area (Å²) in [7, 11) is 0. The fraction of sp³-hybridized carbons (Fsp3) is 0.192. The van der Waals surface area contributed by atoms with Gasteiger partial charge in [0.2, 0.25) is 0 Å². The van der Waals surface area contributed by atoms with Gasteiger partial charge in [0.15, 0.2) is 0 Å². The number of aliphatic hydroxyl groups is 1. The van der Waals surface area contributed by atoms with E-state index in [2.05, 4.69) is 16.7 Å². The van der Waals surface area contributed by atoms with Crippen molar-refractivity contribution in [3.8, 4) is 6.07 Å². The van der Waals surface area contributed by atoms with E-state index in [0.717, 1.165) is 0 Å². The van der Waals surface area contributed by atoms with Crippen molar-refractivity contribution in [2.75, 3.05) is 16.8 Å². The standard InChI is InChI=1S/C26H19ClF2N4O3/c27-19-5-3-14(28)10-16(19)24-23-18(25(35)32-24)8-13(2-1-7-30)9-20(23)31-26(36)33-12-22(34)17-11-15(29)4-6-21(17)33/h3-6,8-11,22,24,34H,1-2,12H2,(H,31,36)(H,32,35)/t22-,24-/m0/s1. The van der Waals surface area contributed by atoms with Crippen LogP contribution in [0.5, 0.6) is 0 Å². The Morgan fingerprint density at radius 2 is 1.89 bits per heavy atom. The normalized spacial score (nSPS) is 17.9. The lowest BCUT2D eigenvalue weighted by atomic mass is 9.93. The smallest absolute Gasteiger partial charge is 0.326 e. The second-order valence-electron chi connectivity index (χ2n) is 8.59. The van der Waals surface area contributed by atoms with Crippen LogP contribution in [0.25, 0.3) is 0 Å². The third-order valence-corrected chi connectivity index (χ3v) is 6.67. The van der Waals surface area contributed by atoms with Crippen LogP contribution in [-0.2, 0) is 6.42 Å². The first-order valence-corrected chi connectivity index (χ1v) is 11.5. The van der Waals surface area contributed by atoms with Crippen molar-refractivity contribution in [1.82, 2.24) is 5.32 Å². The first kappa shape index (κ1) is 23.7. The molecule has 182 valence electrons. The van der Waals surface area contributed by atoms with Gasteiger partial charge in [0, 0.05) is 39.4 Å². The highest BCUT2D eigenvalue weighted by Crippen LogP contribution is 2.41. The molecule has 0 aromatic heterocycles. The first-order chi connectivity index (χ1) is 17.3. The van der Waals surface area contributed by atoms with Crippen molar-refractivity contribution in [3.63, 3.8) is 0 Å². The van der Waals surface area contributed by atoms with Gasteiger partial charge < -0.3 is 15.7 Å². The maximum atomic E-state index is 14.1. The van der Waals surface area contributed by atoms with E-state index in [1.54, 1.807) is 12.1 Å². The lowest BCUT2D eigenvalue weighted by Gasteiger charge is -2.22. The number of amides is 3. The molecule has 3 aromatic carbocycles. The van der Waals surface area contributed by atoms with Gasteiger partial charge in [-0.25, -0.2) is 13.6 Å². The van der Waals surface area contributed by atoms with Crippen LogP contribution >= 0.6 is 11.6 Å². The minimum atomic E-state index is -1.06. The van der Waals surface area contributed by atoms with E-state index in [1.807, 2.05) is 0 Å². The Morgan fingerprint density at radius 3 is 2.64 bits per heavy atom. The summed E-state index contributed by atoms with van der Waals surface area (Å²) in [6.45, 7) is -0.0860. The molecule has 7 nitrogen and oxygen atoms in total. The van der Waals surface area contributed by atoms with Crippen molar-refractivity contribution in [3.05, 3.63) is 93.0 Å². The Balaban J connectivity index is 1.57. The van der Waals surface area contributed by atoms with Gasteiger partial charge in [-0.15, -0.1) is 0 Å². The van der Waals surface area contributed by atoms with Gasteiger partial charge >= 0.3 is 6.03 Å². The number of benzene rings is 3. The molecule has 2 aliphatic rings. The Morgan fingerprint density at radius 1 is 1.17 bits per heavy atom. The highest BCUT2D eigenvalue weighted by molar-refractivity contribution is 6.31. The van der Waals surface area contributed by atoms with E-state index in [1.165, 1.54) is 41.3 Å². The number of hydrogen-bond acceptors (Lipinski definition) is 4. The van der Waals surface area contributed by atoms with E-state index >= 15 is 0 Å². The van der Waals surface area contributed by atoms with Gasteiger partial charge in [-0.2, -0.15) is 5.26 Å². The number of fused-ring (bicyclic) bond motifs is 2. The van der Waals surface area contributed by atoms with E-state index in [4.69, 9.17) is 16.9 Å².